The van der Waals surface area contributed by atoms with E-state index in [9.17, 15) is 13.2 Å². The highest BCUT2D eigenvalue weighted by Gasteiger charge is 2.20. The lowest BCUT2D eigenvalue weighted by Gasteiger charge is -2.14. The number of amides is 1. The number of hydrogen-bond acceptors (Lipinski definition) is 6. The van der Waals surface area contributed by atoms with Gasteiger partial charge in [0.25, 0.3) is 15.9 Å². The van der Waals surface area contributed by atoms with Crippen molar-refractivity contribution in [3.63, 3.8) is 0 Å². The first-order valence-electron chi connectivity index (χ1n) is 11.9. The second-order valence-electron chi connectivity index (χ2n) is 8.49. The lowest BCUT2D eigenvalue weighted by molar-refractivity contribution is 0.0951. The minimum atomic E-state index is -4.06. The fraction of sp³-hybridized carbons (Fsp3) is 0.0345. The molecular weight excluding hydrogens is 573 g/mol. The number of oxazole rings is 1. The SMILES string of the molecule is O=C(NCc1coc(-c2ccccc2)n1)c1cc(Cl)ccc1NS(=O)(=O)c1ccc(Oc2ccccc2Cl)cc1. The molecule has 4 aromatic carbocycles. The Balaban J connectivity index is 1.29. The molecule has 0 fully saturated rings. The van der Waals surface area contributed by atoms with Crippen molar-refractivity contribution in [1.29, 1.82) is 0 Å². The zero-order chi connectivity index (χ0) is 28.1. The average Bonchev–Trinajstić information content (AvgIpc) is 3.44. The molecule has 8 nitrogen and oxygen atoms in total. The van der Waals surface area contributed by atoms with E-state index >= 15 is 0 Å². The summed E-state index contributed by atoms with van der Waals surface area (Å²) in [4.78, 5) is 17.4. The van der Waals surface area contributed by atoms with Gasteiger partial charge >= 0.3 is 0 Å². The lowest BCUT2D eigenvalue weighted by atomic mass is 10.1. The van der Waals surface area contributed by atoms with Crippen LogP contribution in [0.15, 0.2) is 113 Å². The van der Waals surface area contributed by atoms with Crippen molar-refractivity contribution in [3.05, 3.63) is 125 Å². The van der Waals surface area contributed by atoms with Crippen molar-refractivity contribution in [2.75, 3.05) is 4.72 Å². The third-order valence-corrected chi connectivity index (χ3v) is 7.60. The molecule has 0 saturated heterocycles. The third kappa shape index (κ3) is 6.45. The van der Waals surface area contributed by atoms with Crippen molar-refractivity contribution in [1.82, 2.24) is 10.3 Å². The predicted molar refractivity (Wildman–Crippen MR) is 153 cm³/mol. The number of ether oxygens (including phenoxy) is 1. The maximum Gasteiger partial charge on any atom is 0.261 e. The number of halogens is 2. The van der Waals surface area contributed by atoms with Crippen LogP contribution in [0, 0.1) is 0 Å². The van der Waals surface area contributed by atoms with E-state index in [1.54, 1.807) is 24.3 Å². The molecule has 1 amide bonds. The quantitative estimate of drug-likeness (QED) is 0.187. The normalized spacial score (nSPS) is 11.2. The van der Waals surface area contributed by atoms with Crippen molar-refractivity contribution in [2.24, 2.45) is 0 Å². The molecular formula is C29H21Cl2N3O5S. The van der Waals surface area contributed by atoms with Crippen LogP contribution < -0.4 is 14.8 Å². The summed E-state index contributed by atoms with van der Waals surface area (Å²) < 4.78 is 40.0. The zero-order valence-electron chi connectivity index (χ0n) is 20.7. The molecule has 0 unspecified atom stereocenters. The van der Waals surface area contributed by atoms with Gasteiger partial charge in [0, 0.05) is 10.6 Å². The molecule has 0 spiro atoms. The van der Waals surface area contributed by atoms with E-state index < -0.39 is 15.9 Å². The Hall–Kier alpha value is -4.31. The van der Waals surface area contributed by atoms with Gasteiger partial charge in [-0.1, -0.05) is 53.5 Å². The Labute approximate surface area is 240 Å². The molecule has 0 radical (unpaired) electrons. The van der Waals surface area contributed by atoms with Crippen molar-refractivity contribution in [3.8, 4) is 23.0 Å². The Kier molecular flexibility index (Phi) is 8.06. The lowest BCUT2D eigenvalue weighted by Crippen LogP contribution is -2.25. The van der Waals surface area contributed by atoms with Crippen molar-refractivity contribution in [2.45, 2.75) is 11.4 Å². The fourth-order valence-electron chi connectivity index (χ4n) is 3.71. The predicted octanol–water partition coefficient (Wildman–Crippen LogP) is 7.17. The first-order chi connectivity index (χ1) is 19.3. The van der Waals surface area contributed by atoms with E-state index in [1.165, 1.54) is 48.7 Å². The zero-order valence-corrected chi connectivity index (χ0v) is 23.0. The van der Waals surface area contributed by atoms with E-state index in [0.29, 0.717) is 28.1 Å². The van der Waals surface area contributed by atoms with Crippen LogP contribution in [0.25, 0.3) is 11.5 Å². The molecule has 5 rings (SSSR count). The topological polar surface area (TPSA) is 111 Å². The number of anilines is 1. The molecule has 0 saturated carbocycles. The van der Waals surface area contributed by atoms with Gasteiger partial charge in [0.15, 0.2) is 0 Å². The highest BCUT2D eigenvalue weighted by Crippen LogP contribution is 2.30. The van der Waals surface area contributed by atoms with E-state index in [4.69, 9.17) is 32.4 Å². The molecule has 0 bridgehead atoms. The molecule has 0 aliphatic rings. The van der Waals surface area contributed by atoms with Crippen LogP contribution in [0.4, 0.5) is 5.69 Å². The monoisotopic (exact) mass is 593 g/mol. The number of nitrogens with one attached hydrogen (secondary N) is 2. The molecule has 40 heavy (non-hydrogen) atoms. The van der Waals surface area contributed by atoms with Gasteiger partial charge in [-0.25, -0.2) is 13.4 Å². The van der Waals surface area contributed by atoms with Crippen LogP contribution in [0.2, 0.25) is 10.0 Å². The van der Waals surface area contributed by atoms with Gasteiger partial charge in [0.2, 0.25) is 5.89 Å². The van der Waals surface area contributed by atoms with E-state index in [1.807, 2.05) is 30.3 Å². The summed E-state index contributed by atoms with van der Waals surface area (Å²) in [6.07, 6.45) is 1.45. The summed E-state index contributed by atoms with van der Waals surface area (Å²) >= 11 is 12.2. The van der Waals surface area contributed by atoms with Crippen molar-refractivity contribution < 1.29 is 22.4 Å². The van der Waals surface area contributed by atoms with E-state index in [0.717, 1.165) is 5.56 Å². The first kappa shape index (κ1) is 27.3. The largest absolute Gasteiger partial charge is 0.456 e. The molecule has 11 heteroatoms. The third-order valence-electron chi connectivity index (χ3n) is 5.67. The van der Waals surface area contributed by atoms with Crippen LogP contribution in [-0.2, 0) is 16.6 Å². The van der Waals surface area contributed by atoms with Crippen LogP contribution in [-0.4, -0.2) is 19.3 Å². The number of sulfonamides is 1. The van der Waals surface area contributed by atoms with E-state index in [2.05, 4.69) is 15.0 Å². The van der Waals surface area contributed by atoms with Crippen LogP contribution in [0.5, 0.6) is 11.5 Å². The number of aromatic nitrogens is 1. The highest BCUT2D eigenvalue weighted by molar-refractivity contribution is 7.92. The number of nitrogens with zero attached hydrogens (tertiary/aromatic N) is 1. The summed E-state index contributed by atoms with van der Waals surface area (Å²) in [7, 11) is -4.06. The Morgan fingerprint density at radius 2 is 1.62 bits per heavy atom. The maximum atomic E-state index is 13.1. The van der Waals surface area contributed by atoms with Gasteiger partial charge in [0.1, 0.15) is 17.8 Å². The summed E-state index contributed by atoms with van der Waals surface area (Å²) in [5.74, 6) is 0.718. The second kappa shape index (κ2) is 11.8. The minimum absolute atomic E-state index is 0.0312. The Bertz CT molecular complexity index is 1760. The van der Waals surface area contributed by atoms with Gasteiger partial charge in [0.05, 0.1) is 33.4 Å². The summed E-state index contributed by atoms with van der Waals surface area (Å²) in [6, 6.07) is 26.4. The van der Waals surface area contributed by atoms with Crippen LogP contribution in [0.3, 0.4) is 0 Å². The number of rotatable bonds is 9. The van der Waals surface area contributed by atoms with Crippen LogP contribution in [0.1, 0.15) is 16.1 Å². The first-order valence-corrected chi connectivity index (χ1v) is 14.2. The number of carbonyl (C=O) groups excluding carboxylic acids is 1. The molecule has 202 valence electrons. The number of para-hydroxylation sites is 1. The van der Waals surface area contributed by atoms with Gasteiger partial charge in [-0.3, -0.25) is 9.52 Å². The second-order valence-corrected chi connectivity index (χ2v) is 11.0. The number of hydrogen-bond donors (Lipinski definition) is 2. The smallest absolute Gasteiger partial charge is 0.261 e. The molecule has 1 aromatic heterocycles. The maximum absolute atomic E-state index is 13.1. The highest BCUT2D eigenvalue weighted by atomic mass is 35.5. The number of carbonyl (C=O) groups is 1. The van der Waals surface area contributed by atoms with Crippen LogP contribution >= 0.6 is 23.2 Å². The average molecular weight is 594 g/mol. The summed E-state index contributed by atoms with van der Waals surface area (Å²) in [5, 5.41) is 3.42. The van der Waals surface area contributed by atoms with Gasteiger partial charge in [-0.15, -0.1) is 0 Å². The summed E-state index contributed by atoms with van der Waals surface area (Å²) in [6.45, 7) is 0.0563. The minimum Gasteiger partial charge on any atom is -0.456 e. The number of benzene rings is 4. The molecule has 1 heterocycles. The molecule has 0 aliphatic heterocycles. The Morgan fingerprint density at radius 1 is 0.900 bits per heavy atom. The molecule has 5 aromatic rings. The standard InChI is InChI=1S/C29H21Cl2N3O5S/c30-20-10-15-26(24(16-20)28(35)32-17-21-18-38-29(33-21)19-6-2-1-3-7-19)34-40(36,37)23-13-11-22(12-14-23)39-27-9-5-4-8-25(27)31/h1-16,18,34H,17H2,(H,32,35). The molecule has 0 atom stereocenters. The Morgan fingerprint density at radius 3 is 2.38 bits per heavy atom. The van der Waals surface area contributed by atoms with Crippen molar-refractivity contribution >= 4 is 44.8 Å². The fourth-order valence-corrected chi connectivity index (χ4v) is 5.13. The molecule has 0 aliphatic carbocycles. The van der Waals surface area contributed by atoms with E-state index in [-0.39, 0.29) is 27.7 Å². The van der Waals surface area contributed by atoms with Gasteiger partial charge < -0.3 is 14.5 Å². The summed E-state index contributed by atoms with van der Waals surface area (Å²) in [5.41, 5.74) is 1.40. The van der Waals surface area contributed by atoms with Gasteiger partial charge in [-0.2, -0.15) is 0 Å². The molecule has 2 N–H and O–H groups in total. The van der Waals surface area contributed by atoms with Gasteiger partial charge in [-0.05, 0) is 66.7 Å².